The number of carbonyl (C=O) groups excluding carboxylic acids is 2. The number of hydrogen-bond donors (Lipinski definition) is 3. The van der Waals surface area contributed by atoms with Gasteiger partial charge in [0.25, 0.3) is 0 Å². The van der Waals surface area contributed by atoms with Gasteiger partial charge in [0, 0.05) is 12.0 Å². The van der Waals surface area contributed by atoms with Crippen LogP contribution in [0.5, 0.6) is 0 Å². The van der Waals surface area contributed by atoms with Crippen molar-refractivity contribution in [2.45, 2.75) is 43.7 Å². The Balaban J connectivity index is 2.09. The van der Waals surface area contributed by atoms with Gasteiger partial charge >= 0.3 is 6.03 Å². The van der Waals surface area contributed by atoms with Crippen LogP contribution in [0, 0.1) is 6.92 Å². The quantitative estimate of drug-likeness (QED) is 0.383. The molecule has 158 valence electrons. The maximum Gasteiger partial charge on any atom is 0.325 e. The number of aliphatic hydroxyl groups is 1. The number of aliphatic hydroxyl groups excluding tert-OH is 1. The maximum atomic E-state index is 12.5. The van der Waals surface area contributed by atoms with Crippen molar-refractivity contribution in [3.8, 4) is 0 Å². The molecule has 1 aromatic carbocycles. The highest BCUT2D eigenvalue weighted by molar-refractivity contribution is 7.93. The van der Waals surface area contributed by atoms with E-state index in [4.69, 9.17) is 5.11 Å². The number of nitrogens with zero attached hydrogens (tertiary/aromatic N) is 1. The Kier molecular flexibility index (Phi) is 8.30. The van der Waals surface area contributed by atoms with Crippen molar-refractivity contribution in [1.82, 2.24) is 4.98 Å². The number of carbonyl (C=O) groups is 2. The predicted octanol–water partition coefficient (Wildman–Crippen LogP) is 3.62. The van der Waals surface area contributed by atoms with Crippen LogP contribution in [0.25, 0.3) is 0 Å². The molecule has 29 heavy (non-hydrogen) atoms. The molecule has 1 heterocycles. The molecule has 0 aliphatic carbocycles. The number of benzene rings is 1. The number of unbranched alkanes of at least 4 members (excludes halogenated alkanes) is 2. The van der Waals surface area contributed by atoms with Crippen LogP contribution in [0.15, 0.2) is 28.6 Å². The molecule has 2 aromatic rings. The van der Waals surface area contributed by atoms with E-state index < -0.39 is 28.2 Å². The lowest BCUT2D eigenvalue weighted by molar-refractivity contribution is 0.0980. The molecule has 10 heteroatoms. The number of aromatic nitrogens is 1. The minimum Gasteiger partial charge on any atom is -0.395 e. The number of Topliss-reactive ketones (excluding diaryl/α,β-unsaturated/α-hetero) is 1. The van der Waals surface area contributed by atoms with E-state index in [2.05, 4.69) is 22.5 Å². The molecular formula is C19H25N3O5S2. The molecule has 0 fully saturated rings. The topological polar surface area (TPSA) is 125 Å². The zero-order valence-corrected chi connectivity index (χ0v) is 18.0. The predicted molar refractivity (Wildman–Crippen MR) is 114 cm³/mol. The Morgan fingerprint density at radius 3 is 2.66 bits per heavy atom. The highest BCUT2D eigenvalue weighted by Crippen LogP contribution is 2.25. The molecule has 0 radical (unpaired) electrons. The molecule has 0 spiro atoms. The maximum absolute atomic E-state index is 12.5. The standard InChI is InChI=1S/C19H25N3O5S2/c1-3-4-5-6-16(24)14-11-13(2)7-8-15(14)21-18(25)22-19-20-12-17(28-19)29(26,27)10-9-23/h7-8,11-12,23H,3-6,9-10H2,1-2H3,(H2,20,21,22,25). The van der Waals surface area contributed by atoms with Crippen molar-refractivity contribution in [3.05, 3.63) is 35.5 Å². The van der Waals surface area contributed by atoms with Gasteiger partial charge in [-0.15, -0.1) is 0 Å². The third kappa shape index (κ3) is 6.62. The zero-order chi connectivity index (χ0) is 21.4. The Bertz CT molecular complexity index is 970. The number of thiazole rings is 1. The second-order valence-electron chi connectivity index (χ2n) is 6.54. The smallest absolute Gasteiger partial charge is 0.325 e. The summed E-state index contributed by atoms with van der Waals surface area (Å²) in [4.78, 5) is 28.8. The van der Waals surface area contributed by atoms with Gasteiger partial charge in [-0.3, -0.25) is 10.1 Å². The van der Waals surface area contributed by atoms with Crippen LogP contribution < -0.4 is 10.6 Å². The molecule has 2 rings (SSSR count). The van der Waals surface area contributed by atoms with Crippen LogP contribution in [-0.2, 0) is 9.84 Å². The fraction of sp³-hybridized carbons (Fsp3) is 0.421. The third-order valence-electron chi connectivity index (χ3n) is 4.10. The minimum atomic E-state index is -3.63. The zero-order valence-electron chi connectivity index (χ0n) is 16.4. The molecule has 0 bridgehead atoms. The molecule has 2 amide bonds. The van der Waals surface area contributed by atoms with E-state index in [-0.39, 0.29) is 15.1 Å². The summed E-state index contributed by atoms with van der Waals surface area (Å²) in [6.07, 6.45) is 4.32. The first-order valence-corrected chi connectivity index (χ1v) is 11.7. The fourth-order valence-corrected chi connectivity index (χ4v) is 4.79. The van der Waals surface area contributed by atoms with Gasteiger partial charge in [0.2, 0.25) is 0 Å². The van der Waals surface area contributed by atoms with Crippen molar-refractivity contribution >= 4 is 43.8 Å². The fourth-order valence-electron chi connectivity index (χ4n) is 2.60. The SMILES string of the molecule is CCCCCC(=O)c1cc(C)ccc1NC(=O)Nc1ncc(S(=O)(=O)CCO)s1. The van der Waals surface area contributed by atoms with Crippen LogP contribution in [0.1, 0.15) is 48.5 Å². The summed E-state index contributed by atoms with van der Waals surface area (Å²) in [5, 5.41) is 14.0. The molecule has 0 aliphatic heterocycles. The summed E-state index contributed by atoms with van der Waals surface area (Å²) in [7, 11) is -3.63. The number of amides is 2. The normalized spacial score (nSPS) is 11.3. The van der Waals surface area contributed by atoms with E-state index in [1.807, 2.05) is 6.92 Å². The summed E-state index contributed by atoms with van der Waals surface area (Å²) in [6, 6.07) is 4.58. The lowest BCUT2D eigenvalue weighted by Crippen LogP contribution is -2.21. The monoisotopic (exact) mass is 439 g/mol. The summed E-state index contributed by atoms with van der Waals surface area (Å²) < 4.78 is 23.8. The number of anilines is 2. The van der Waals surface area contributed by atoms with Crippen molar-refractivity contribution in [2.75, 3.05) is 23.0 Å². The highest BCUT2D eigenvalue weighted by atomic mass is 32.2. The van der Waals surface area contributed by atoms with Gasteiger partial charge in [-0.2, -0.15) is 0 Å². The average Bonchev–Trinajstić information content (AvgIpc) is 3.12. The Hall–Kier alpha value is -2.30. The highest BCUT2D eigenvalue weighted by Gasteiger charge is 2.19. The lowest BCUT2D eigenvalue weighted by Gasteiger charge is -2.11. The summed E-state index contributed by atoms with van der Waals surface area (Å²) in [6.45, 7) is 3.44. The van der Waals surface area contributed by atoms with Crippen LogP contribution in [0.2, 0.25) is 0 Å². The van der Waals surface area contributed by atoms with Gasteiger partial charge in [0.15, 0.2) is 20.8 Å². The minimum absolute atomic E-state index is 0.0379. The number of ketones is 1. The van der Waals surface area contributed by atoms with Crippen LogP contribution in [0.3, 0.4) is 0 Å². The van der Waals surface area contributed by atoms with Gasteiger partial charge in [0.1, 0.15) is 4.21 Å². The average molecular weight is 440 g/mol. The molecule has 0 saturated heterocycles. The number of urea groups is 1. The van der Waals surface area contributed by atoms with Crippen molar-refractivity contribution in [3.63, 3.8) is 0 Å². The molecule has 0 atom stereocenters. The lowest BCUT2D eigenvalue weighted by atomic mass is 10.0. The van der Waals surface area contributed by atoms with E-state index in [9.17, 15) is 18.0 Å². The molecule has 8 nitrogen and oxygen atoms in total. The van der Waals surface area contributed by atoms with Gasteiger partial charge in [-0.25, -0.2) is 18.2 Å². The molecule has 1 aromatic heterocycles. The second-order valence-corrected chi connectivity index (χ2v) is 9.90. The number of hydrogen-bond acceptors (Lipinski definition) is 7. The molecule has 0 aliphatic rings. The largest absolute Gasteiger partial charge is 0.395 e. The van der Waals surface area contributed by atoms with Gasteiger partial charge in [-0.05, 0) is 25.5 Å². The Morgan fingerprint density at radius 1 is 1.21 bits per heavy atom. The third-order valence-corrected chi connectivity index (χ3v) is 7.26. The van der Waals surface area contributed by atoms with E-state index in [1.165, 1.54) is 0 Å². The number of sulfone groups is 1. The van der Waals surface area contributed by atoms with Crippen molar-refractivity contribution < 1.29 is 23.1 Å². The van der Waals surface area contributed by atoms with E-state index >= 15 is 0 Å². The first kappa shape index (κ1) is 23.0. The summed E-state index contributed by atoms with van der Waals surface area (Å²) >= 11 is 0.796. The molecule has 0 unspecified atom stereocenters. The first-order valence-electron chi connectivity index (χ1n) is 9.28. The van der Waals surface area contributed by atoms with Crippen LogP contribution in [0.4, 0.5) is 15.6 Å². The first-order chi connectivity index (χ1) is 13.8. The molecule has 3 N–H and O–H groups in total. The van der Waals surface area contributed by atoms with Gasteiger partial charge in [0.05, 0.1) is 24.2 Å². The van der Waals surface area contributed by atoms with Gasteiger partial charge < -0.3 is 10.4 Å². The van der Waals surface area contributed by atoms with Crippen LogP contribution >= 0.6 is 11.3 Å². The number of nitrogens with one attached hydrogen (secondary N) is 2. The number of aryl methyl sites for hydroxylation is 1. The summed E-state index contributed by atoms with van der Waals surface area (Å²) in [5.41, 5.74) is 1.74. The van der Waals surface area contributed by atoms with E-state index in [0.717, 1.165) is 42.4 Å². The molecular weight excluding hydrogens is 414 g/mol. The number of rotatable bonds is 10. The van der Waals surface area contributed by atoms with Crippen molar-refractivity contribution in [2.24, 2.45) is 0 Å². The Morgan fingerprint density at radius 2 is 1.97 bits per heavy atom. The summed E-state index contributed by atoms with van der Waals surface area (Å²) in [5.74, 6) is -0.447. The Labute approximate surface area is 174 Å². The van der Waals surface area contributed by atoms with E-state index in [0.29, 0.717) is 17.7 Å². The van der Waals surface area contributed by atoms with E-state index in [1.54, 1.807) is 18.2 Å². The van der Waals surface area contributed by atoms with Crippen LogP contribution in [-0.4, -0.2) is 42.7 Å². The second kappa shape index (κ2) is 10.5. The molecule has 0 saturated carbocycles. The van der Waals surface area contributed by atoms with Gasteiger partial charge in [-0.1, -0.05) is 42.7 Å². The van der Waals surface area contributed by atoms with Crippen molar-refractivity contribution in [1.29, 1.82) is 0 Å².